The summed E-state index contributed by atoms with van der Waals surface area (Å²) in [5, 5.41) is 2.90. The van der Waals surface area contributed by atoms with E-state index in [0.29, 0.717) is 25.1 Å². The van der Waals surface area contributed by atoms with Gasteiger partial charge in [0.1, 0.15) is 5.82 Å². The Morgan fingerprint density at radius 3 is 2.76 bits per heavy atom. The molecular formula is C14H21FN2O3S. The third-order valence-corrected chi connectivity index (χ3v) is 5.82. The van der Waals surface area contributed by atoms with Gasteiger partial charge in [0.15, 0.2) is 0 Å². The highest BCUT2D eigenvalue weighted by Crippen LogP contribution is 2.27. The zero-order valence-corrected chi connectivity index (χ0v) is 13.3. The zero-order chi connectivity index (χ0) is 15.6. The quantitative estimate of drug-likeness (QED) is 0.891. The van der Waals surface area contributed by atoms with Gasteiger partial charge >= 0.3 is 0 Å². The molecule has 2 atom stereocenters. The van der Waals surface area contributed by atoms with E-state index in [9.17, 15) is 12.8 Å². The normalized spacial score (nSPS) is 22.9. The molecule has 0 aliphatic carbocycles. The van der Waals surface area contributed by atoms with E-state index >= 15 is 0 Å². The molecule has 2 rings (SSSR count). The number of nitrogens with one attached hydrogen (secondary N) is 1. The van der Waals surface area contributed by atoms with Crippen LogP contribution in [0.15, 0.2) is 23.1 Å². The van der Waals surface area contributed by atoms with Crippen molar-refractivity contribution in [1.29, 1.82) is 0 Å². The van der Waals surface area contributed by atoms with Crippen molar-refractivity contribution < 1.29 is 17.5 Å². The van der Waals surface area contributed by atoms with Gasteiger partial charge in [0, 0.05) is 20.2 Å². The SMILES string of the molecule is CNCc1ccc(F)cc1S(=O)(=O)N(C)C1CCOC1C. The smallest absolute Gasteiger partial charge is 0.243 e. The Kier molecular flexibility index (Phi) is 4.98. The Labute approximate surface area is 125 Å². The molecular weight excluding hydrogens is 295 g/mol. The highest BCUT2D eigenvalue weighted by molar-refractivity contribution is 7.89. The lowest BCUT2D eigenvalue weighted by atomic mass is 10.2. The molecule has 2 unspecified atom stereocenters. The summed E-state index contributed by atoms with van der Waals surface area (Å²) in [6, 6.07) is 3.63. The third kappa shape index (κ3) is 3.26. The molecule has 1 aromatic rings. The molecule has 1 heterocycles. The molecule has 0 bridgehead atoms. The maximum absolute atomic E-state index is 13.5. The first kappa shape index (κ1) is 16.4. The number of rotatable bonds is 5. The Bertz CT molecular complexity index is 606. The monoisotopic (exact) mass is 316 g/mol. The second-order valence-electron chi connectivity index (χ2n) is 5.24. The number of likely N-dealkylation sites (N-methyl/N-ethyl adjacent to an activating group) is 1. The van der Waals surface area contributed by atoms with E-state index in [1.807, 2.05) is 6.92 Å². The van der Waals surface area contributed by atoms with Gasteiger partial charge in [-0.05, 0) is 38.1 Å². The maximum atomic E-state index is 13.5. The van der Waals surface area contributed by atoms with Crippen LogP contribution >= 0.6 is 0 Å². The van der Waals surface area contributed by atoms with Crippen molar-refractivity contribution in [3.8, 4) is 0 Å². The molecule has 1 aromatic carbocycles. The van der Waals surface area contributed by atoms with Crippen LogP contribution in [-0.2, 0) is 21.3 Å². The van der Waals surface area contributed by atoms with E-state index in [4.69, 9.17) is 4.74 Å². The lowest BCUT2D eigenvalue weighted by molar-refractivity contribution is 0.102. The van der Waals surface area contributed by atoms with E-state index in [0.717, 1.165) is 6.07 Å². The number of halogens is 1. The van der Waals surface area contributed by atoms with E-state index < -0.39 is 15.8 Å². The summed E-state index contributed by atoms with van der Waals surface area (Å²) in [7, 11) is -0.512. The van der Waals surface area contributed by atoms with E-state index in [1.165, 1.54) is 23.5 Å². The molecule has 7 heteroatoms. The van der Waals surface area contributed by atoms with Crippen LogP contribution in [0.5, 0.6) is 0 Å². The Hall–Kier alpha value is -1.02. The third-order valence-electron chi connectivity index (χ3n) is 3.86. The van der Waals surface area contributed by atoms with Crippen LogP contribution in [0.4, 0.5) is 4.39 Å². The van der Waals surface area contributed by atoms with Crippen molar-refractivity contribution in [2.24, 2.45) is 0 Å². The minimum Gasteiger partial charge on any atom is -0.377 e. The topological polar surface area (TPSA) is 58.6 Å². The number of benzene rings is 1. The molecule has 0 saturated carbocycles. The van der Waals surface area contributed by atoms with Crippen molar-refractivity contribution >= 4 is 10.0 Å². The molecule has 1 N–H and O–H groups in total. The largest absolute Gasteiger partial charge is 0.377 e. The summed E-state index contributed by atoms with van der Waals surface area (Å²) in [5.41, 5.74) is 0.553. The van der Waals surface area contributed by atoms with Gasteiger partial charge in [-0.1, -0.05) is 6.07 Å². The molecule has 1 fully saturated rings. The Morgan fingerprint density at radius 1 is 1.48 bits per heavy atom. The molecule has 0 aromatic heterocycles. The predicted octanol–water partition coefficient (Wildman–Crippen LogP) is 1.34. The lowest BCUT2D eigenvalue weighted by Crippen LogP contribution is -2.41. The number of hydrogen-bond donors (Lipinski definition) is 1. The van der Waals surface area contributed by atoms with Gasteiger partial charge < -0.3 is 10.1 Å². The summed E-state index contributed by atoms with van der Waals surface area (Å²) in [4.78, 5) is 0.0125. The lowest BCUT2D eigenvalue weighted by Gasteiger charge is -2.27. The Balaban J connectivity index is 2.41. The van der Waals surface area contributed by atoms with Crippen molar-refractivity contribution in [3.05, 3.63) is 29.6 Å². The molecule has 0 spiro atoms. The number of ether oxygens (including phenoxy) is 1. The van der Waals surface area contributed by atoms with Crippen molar-refractivity contribution in [2.75, 3.05) is 20.7 Å². The van der Waals surface area contributed by atoms with Gasteiger partial charge in [-0.2, -0.15) is 4.31 Å². The zero-order valence-electron chi connectivity index (χ0n) is 12.5. The minimum absolute atomic E-state index is 0.0125. The van der Waals surface area contributed by atoms with Crippen LogP contribution in [0.2, 0.25) is 0 Å². The molecule has 0 amide bonds. The summed E-state index contributed by atoms with van der Waals surface area (Å²) < 4.78 is 45.8. The Morgan fingerprint density at radius 2 is 2.19 bits per heavy atom. The van der Waals surface area contributed by atoms with Crippen molar-refractivity contribution in [2.45, 2.75) is 36.9 Å². The fourth-order valence-electron chi connectivity index (χ4n) is 2.64. The van der Waals surface area contributed by atoms with Crippen LogP contribution in [0.3, 0.4) is 0 Å². The highest BCUT2D eigenvalue weighted by atomic mass is 32.2. The van der Waals surface area contributed by atoms with Crippen LogP contribution < -0.4 is 5.32 Å². The summed E-state index contributed by atoms with van der Waals surface area (Å²) >= 11 is 0. The average Bonchev–Trinajstić information content (AvgIpc) is 2.86. The molecule has 1 aliphatic heterocycles. The second-order valence-corrected chi connectivity index (χ2v) is 7.20. The van der Waals surface area contributed by atoms with E-state index in [1.54, 1.807) is 7.05 Å². The standard InChI is InChI=1S/C14H21FN2O3S/c1-10-13(6-7-20-10)17(3)21(18,19)14-8-12(15)5-4-11(14)9-16-2/h4-5,8,10,13,16H,6-7,9H2,1-3H3. The number of hydrogen-bond acceptors (Lipinski definition) is 4. The van der Waals surface area contributed by atoms with Gasteiger partial charge in [-0.3, -0.25) is 0 Å². The van der Waals surface area contributed by atoms with Crippen LogP contribution in [0, 0.1) is 5.82 Å². The van der Waals surface area contributed by atoms with Crippen molar-refractivity contribution in [1.82, 2.24) is 9.62 Å². The van der Waals surface area contributed by atoms with Gasteiger partial charge in [0.2, 0.25) is 10.0 Å². The molecule has 118 valence electrons. The van der Waals surface area contributed by atoms with Gasteiger partial charge in [0.05, 0.1) is 17.0 Å². The first-order chi connectivity index (χ1) is 9.87. The van der Waals surface area contributed by atoms with Crippen LogP contribution in [0.25, 0.3) is 0 Å². The predicted molar refractivity (Wildman–Crippen MR) is 77.9 cm³/mol. The van der Waals surface area contributed by atoms with Gasteiger partial charge in [-0.25, -0.2) is 12.8 Å². The highest BCUT2D eigenvalue weighted by Gasteiger charge is 2.36. The summed E-state index contributed by atoms with van der Waals surface area (Å²) in [5.74, 6) is -0.558. The molecule has 21 heavy (non-hydrogen) atoms. The van der Waals surface area contributed by atoms with E-state index in [-0.39, 0.29) is 17.0 Å². The van der Waals surface area contributed by atoms with Crippen LogP contribution in [-0.4, -0.2) is 45.6 Å². The molecule has 1 aliphatic rings. The van der Waals surface area contributed by atoms with Gasteiger partial charge in [0.25, 0.3) is 0 Å². The summed E-state index contributed by atoms with van der Waals surface area (Å²) in [6.07, 6.45) is 0.485. The van der Waals surface area contributed by atoms with Gasteiger partial charge in [-0.15, -0.1) is 0 Å². The van der Waals surface area contributed by atoms with Crippen LogP contribution in [0.1, 0.15) is 18.9 Å². The number of nitrogens with zero attached hydrogens (tertiary/aromatic N) is 1. The number of sulfonamides is 1. The van der Waals surface area contributed by atoms with Crippen molar-refractivity contribution in [3.63, 3.8) is 0 Å². The first-order valence-electron chi connectivity index (χ1n) is 6.90. The second kappa shape index (κ2) is 6.39. The minimum atomic E-state index is -3.76. The summed E-state index contributed by atoms with van der Waals surface area (Å²) in [6.45, 7) is 2.75. The molecule has 5 nitrogen and oxygen atoms in total. The maximum Gasteiger partial charge on any atom is 0.243 e. The average molecular weight is 316 g/mol. The first-order valence-corrected chi connectivity index (χ1v) is 8.34. The fraction of sp³-hybridized carbons (Fsp3) is 0.571. The fourth-order valence-corrected chi connectivity index (χ4v) is 4.31. The van der Waals surface area contributed by atoms with E-state index in [2.05, 4.69) is 5.32 Å². The molecule has 0 radical (unpaired) electrons. The molecule has 1 saturated heterocycles.